The summed E-state index contributed by atoms with van der Waals surface area (Å²) in [5.41, 5.74) is 0. The van der Waals surface area contributed by atoms with E-state index in [1.54, 1.807) is 0 Å². The molecular formula is C7H9NO3. The van der Waals surface area contributed by atoms with Crippen molar-refractivity contribution in [1.82, 2.24) is 0 Å². The molecule has 1 atom stereocenters. The zero-order valence-corrected chi connectivity index (χ0v) is 5.99. The minimum Gasteiger partial charge on any atom is -0.385 e. The first-order chi connectivity index (χ1) is 5.22. The Kier molecular flexibility index (Phi) is 4.90. The third-order valence-corrected chi connectivity index (χ3v) is 1.11. The Bertz CT molecular complexity index is 194. The van der Waals surface area contributed by atoms with Gasteiger partial charge in [-0.05, 0) is 6.08 Å². The quantitative estimate of drug-likeness (QED) is 0.340. The molecule has 0 aliphatic heterocycles. The summed E-state index contributed by atoms with van der Waals surface area (Å²) in [6, 6.07) is 0. The summed E-state index contributed by atoms with van der Waals surface area (Å²) in [7, 11) is 0. The van der Waals surface area contributed by atoms with Gasteiger partial charge in [0, 0.05) is 6.42 Å². The average molecular weight is 155 g/mol. The fraction of sp³-hybridized carbons (Fsp3) is 0.429. The molecule has 0 bridgehead atoms. The maximum Gasteiger partial charge on any atom is 0.234 e. The van der Waals surface area contributed by atoms with Crippen LogP contribution in [-0.2, 0) is 9.59 Å². The normalized spacial score (nSPS) is 11.4. The third kappa shape index (κ3) is 4.19. The molecule has 1 unspecified atom stereocenters. The summed E-state index contributed by atoms with van der Waals surface area (Å²) in [6.07, 6.45) is 1.39. The van der Waals surface area contributed by atoms with Gasteiger partial charge in [0.25, 0.3) is 0 Å². The molecule has 0 aromatic carbocycles. The van der Waals surface area contributed by atoms with Crippen molar-refractivity contribution in [2.45, 2.75) is 12.5 Å². The standard InChI is InChI=1S/C7H9NO3/c1-2-6(10)7(11)3-4-8-5-9/h2,7,11H,1,3-4H2. The van der Waals surface area contributed by atoms with Crippen LogP contribution in [0.25, 0.3) is 0 Å². The van der Waals surface area contributed by atoms with Crippen molar-refractivity contribution >= 4 is 11.9 Å². The molecule has 0 aliphatic rings. The fourth-order valence-corrected chi connectivity index (χ4v) is 0.511. The Morgan fingerprint density at radius 2 is 2.45 bits per heavy atom. The Hall–Kier alpha value is -1.25. The second kappa shape index (κ2) is 5.53. The van der Waals surface area contributed by atoms with Gasteiger partial charge in [0.05, 0.1) is 6.54 Å². The Morgan fingerprint density at radius 1 is 1.82 bits per heavy atom. The summed E-state index contributed by atoms with van der Waals surface area (Å²) >= 11 is 0. The number of nitrogens with zero attached hydrogens (tertiary/aromatic N) is 1. The number of isocyanates is 1. The third-order valence-electron chi connectivity index (χ3n) is 1.11. The van der Waals surface area contributed by atoms with E-state index in [-0.39, 0.29) is 13.0 Å². The molecule has 11 heavy (non-hydrogen) atoms. The van der Waals surface area contributed by atoms with Crippen LogP contribution in [0.15, 0.2) is 17.6 Å². The highest BCUT2D eigenvalue weighted by molar-refractivity contribution is 5.92. The smallest absolute Gasteiger partial charge is 0.234 e. The number of carbonyl (C=O) groups excluding carboxylic acids is 2. The van der Waals surface area contributed by atoms with Gasteiger partial charge < -0.3 is 5.11 Å². The summed E-state index contributed by atoms with van der Waals surface area (Å²) in [4.78, 5) is 23.3. The van der Waals surface area contributed by atoms with Gasteiger partial charge in [0.2, 0.25) is 6.08 Å². The molecule has 0 aliphatic carbocycles. The Morgan fingerprint density at radius 3 is 2.91 bits per heavy atom. The Labute approximate surface area is 64.3 Å². The number of aliphatic hydroxyl groups excluding tert-OH is 1. The lowest BCUT2D eigenvalue weighted by Crippen LogP contribution is -2.18. The van der Waals surface area contributed by atoms with E-state index in [4.69, 9.17) is 5.11 Å². The van der Waals surface area contributed by atoms with Gasteiger partial charge in [-0.2, -0.15) is 0 Å². The summed E-state index contributed by atoms with van der Waals surface area (Å²) in [6.45, 7) is 3.31. The van der Waals surface area contributed by atoms with Crippen LogP contribution in [0.1, 0.15) is 6.42 Å². The molecule has 0 saturated heterocycles. The maximum atomic E-state index is 10.6. The highest BCUT2D eigenvalue weighted by Gasteiger charge is 2.09. The van der Waals surface area contributed by atoms with Crippen molar-refractivity contribution in [3.63, 3.8) is 0 Å². The van der Waals surface area contributed by atoms with Gasteiger partial charge in [-0.15, -0.1) is 0 Å². The van der Waals surface area contributed by atoms with Crippen LogP contribution >= 0.6 is 0 Å². The SMILES string of the molecule is C=CC(=O)C(O)CCN=C=O. The summed E-state index contributed by atoms with van der Waals surface area (Å²) < 4.78 is 0. The zero-order valence-electron chi connectivity index (χ0n) is 5.99. The first-order valence-electron chi connectivity index (χ1n) is 3.10. The monoisotopic (exact) mass is 155 g/mol. The molecule has 0 aromatic heterocycles. The van der Waals surface area contributed by atoms with Gasteiger partial charge in [-0.1, -0.05) is 6.58 Å². The minimum atomic E-state index is -1.09. The number of rotatable bonds is 5. The number of aliphatic hydroxyl groups is 1. The lowest BCUT2D eigenvalue weighted by Gasteiger charge is -2.01. The molecule has 4 heteroatoms. The second-order valence-corrected chi connectivity index (χ2v) is 1.88. The van der Waals surface area contributed by atoms with Crippen molar-refractivity contribution in [1.29, 1.82) is 0 Å². The summed E-state index contributed by atoms with van der Waals surface area (Å²) in [5, 5.41) is 8.93. The van der Waals surface area contributed by atoms with E-state index in [2.05, 4.69) is 11.6 Å². The van der Waals surface area contributed by atoms with Crippen molar-refractivity contribution in [2.24, 2.45) is 4.99 Å². The van der Waals surface area contributed by atoms with Crippen molar-refractivity contribution < 1.29 is 14.7 Å². The van der Waals surface area contributed by atoms with Crippen molar-refractivity contribution in [3.8, 4) is 0 Å². The van der Waals surface area contributed by atoms with Gasteiger partial charge in [0.1, 0.15) is 6.10 Å². The molecule has 4 nitrogen and oxygen atoms in total. The number of carbonyl (C=O) groups is 1. The lowest BCUT2D eigenvalue weighted by molar-refractivity contribution is -0.122. The fourth-order valence-electron chi connectivity index (χ4n) is 0.511. The van der Waals surface area contributed by atoms with E-state index >= 15 is 0 Å². The minimum absolute atomic E-state index is 0.115. The van der Waals surface area contributed by atoms with Crippen LogP contribution in [0, 0.1) is 0 Å². The molecule has 60 valence electrons. The molecule has 0 radical (unpaired) electrons. The molecule has 0 aromatic rings. The predicted molar refractivity (Wildman–Crippen MR) is 38.8 cm³/mol. The first-order valence-corrected chi connectivity index (χ1v) is 3.10. The molecule has 0 spiro atoms. The number of aliphatic imine (C=N–C) groups is 1. The van der Waals surface area contributed by atoms with Gasteiger partial charge in [-0.3, -0.25) is 4.79 Å². The van der Waals surface area contributed by atoms with Crippen LogP contribution in [0.3, 0.4) is 0 Å². The van der Waals surface area contributed by atoms with Crippen LogP contribution in [0.4, 0.5) is 0 Å². The Balaban J connectivity index is 3.68. The molecule has 1 N–H and O–H groups in total. The van der Waals surface area contributed by atoms with Crippen molar-refractivity contribution in [2.75, 3.05) is 6.54 Å². The molecule has 0 heterocycles. The average Bonchev–Trinajstić information content (AvgIpc) is 2.03. The molecular weight excluding hydrogens is 146 g/mol. The first kappa shape index (κ1) is 9.75. The molecule has 0 fully saturated rings. The largest absolute Gasteiger partial charge is 0.385 e. The highest BCUT2D eigenvalue weighted by atomic mass is 16.3. The van der Waals surface area contributed by atoms with E-state index in [9.17, 15) is 9.59 Å². The second-order valence-electron chi connectivity index (χ2n) is 1.88. The van der Waals surface area contributed by atoms with E-state index < -0.39 is 11.9 Å². The predicted octanol–water partition coefficient (Wildman–Crippen LogP) is -0.172. The maximum absolute atomic E-state index is 10.6. The van der Waals surface area contributed by atoms with Crippen LogP contribution in [-0.4, -0.2) is 29.6 Å². The van der Waals surface area contributed by atoms with Crippen LogP contribution < -0.4 is 0 Å². The van der Waals surface area contributed by atoms with Gasteiger partial charge in [-0.25, -0.2) is 9.79 Å². The van der Waals surface area contributed by atoms with E-state index in [0.29, 0.717) is 0 Å². The zero-order chi connectivity index (χ0) is 8.69. The van der Waals surface area contributed by atoms with Gasteiger partial charge >= 0.3 is 0 Å². The van der Waals surface area contributed by atoms with Crippen LogP contribution in [0.5, 0.6) is 0 Å². The number of hydrogen-bond donors (Lipinski definition) is 1. The molecule has 0 rings (SSSR count). The number of hydrogen-bond acceptors (Lipinski definition) is 4. The lowest BCUT2D eigenvalue weighted by atomic mass is 10.2. The van der Waals surface area contributed by atoms with Gasteiger partial charge in [0.15, 0.2) is 5.78 Å². The van der Waals surface area contributed by atoms with E-state index in [0.717, 1.165) is 6.08 Å². The molecule has 0 saturated carbocycles. The van der Waals surface area contributed by atoms with E-state index in [1.165, 1.54) is 6.08 Å². The topological polar surface area (TPSA) is 66.7 Å². The summed E-state index contributed by atoms with van der Waals surface area (Å²) in [5.74, 6) is -0.453. The number of ketones is 1. The van der Waals surface area contributed by atoms with E-state index in [1.807, 2.05) is 0 Å². The molecule has 0 amide bonds. The highest BCUT2D eigenvalue weighted by Crippen LogP contribution is 1.93. The van der Waals surface area contributed by atoms with Crippen molar-refractivity contribution in [3.05, 3.63) is 12.7 Å². The van der Waals surface area contributed by atoms with Crippen LogP contribution in [0.2, 0.25) is 0 Å².